The van der Waals surface area contributed by atoms with Crippen molar-refractivity contribution in [2.75, 3.05) is 7.11 Å². The van der Waals surface area contributed by atoms with Gasteiger partial charge < -0.3 is 14.4 Å². The number of aromatic nitrogens is 2. The number of rotatable bonds is 6. The number of carbonyl (C=O) groups is 1. The van der Waals surface area contributed by atoms with Gasteiger partial charge in [-0.1, -0.05) is 25.1 Å². The van der Waals surface area contributed by atoms with E-state index in [-0.39, 0.29) is 17.8 Å². The minimum Gasteiger partial charge on any atom is -0.481 e. The fraction of sp³-hybridized carbons (Fsp3) is 0.308. The first kappa shape index (κ1) is 21.4. The molecule has 33 heavy (non-hydrogen) atoms. The van der Waals surface area contributed by atoms with Crippen molar-refractivity contribution in [2.24, 2.45) is 17.8 Å². The molecule has 5 rings (SSSR count). The minimum atomic E-state index is -1.13. The van der Waals surface area contributed by atoms with Crippen molar-refractivity contribution in [3.63, 3.8) is 0 Å². The fourth-order valence-electron chi connectivity index (χ4n) is 5.04. The number of fused-ring (bicyclic) bond motifs is 1. The monoisotopic (exact) mass is 450 g/mol. The molecule has 0 aliphatic heterocycles. The van der Waals surface area contributed by atoms with Crippen molar-refractivity contribution in [3.05, 3.63) is 70.0 Å². The third-order valence-corrected chi connectivity index (χ3v) is 6.81. The van der Waals surface area contributed by atoms with Gasteiger partial charge in [0, 0.05) is 39.5 Å². The van der Waals surface area contributed by atoms with Crippen LogP contribution in [0.1, 0.15) is 35.8 Å². The number of pyridine rings is 1. The molecule has 1 N–H and O–H groups in total. The Balaban J connectivity index is 1.79. The molecule has 3 atom stereocenters. The van der Waals surface area contributed by atoms with Crippen LogP contribution >= 0.6 is 0 Å². The van der Waals surface area contributed by atoms with Crippen LogP contribution in [0.15, 0.2) is 36.5 Å². The number of halogens is 2. The van der Waals surface area contributed by atoms with Crippen LogP contribution in [0.5, 0.6) is 5.88 Å². The number of carboxylic acids is 1. The normalized spacial score (nSPS) is 21.0. The SMILES string of the molecule is COc1ncccc1-c1c(C(=O)O)n(Cc2ccc(F)cc2F)c2c1=CC([C@H]1C[C@H]1C)CC=2. The van der Waals surface area contributed by atoms with Gasteiger partial charge in [0.2, 0.25) is 5.88 Å². The van der Waals surface area contributed by atoms with Crippen LogP contribution in [0.25, 0.3) is 23.3 Å². The smallest absolute Gasteiger partial charge is 0.353 e. The van der Waals surface area contributed by atoms with Gasteiger partial charge in [-0.25, -0.2) is 18.6 Å². The molecule has 1 aromatic carbocycles. The predicted molar refractivity (Wildman–Crippen MR) is 120 cm³/mol. The lowest BCUT2D eigenvalue weighted by Gasteiger charge is -2.14. The van der Waals surface area contributed by atoms with E-state index in [1.165, 1.54) is 19.2 Å². The van der Waals surface area contributed by atoms with E-state index in [4.69, 9.17) is 4.74 Å². The first-order valence-electron chi connectivity index (χ1n) is 11.0. The zero-order valence-electron chi connectivity index (χ0n) is 18.4. The Morgan fingerprint density at radius 1 is 1.30 bits per heavy atom. The molecule has 2 aliphatic carbocycles. The molecule has 5 nitrogen and oxygen atoms in total. The van der Waals surface area contributed by atoms with Crippen molar-refractivity contribution in [1.82, 2.24) is 9.55 Å². The van der Waals surface area contributed by atoms with Gasteiger partial charge >= 0.3 is 5.97 Å². The lowest BCUT2D eigenvalue weighted by Crippen LogP contribution is -2.34. The lowest BCUT2D eigenvalue weighted by atomic mass is 9.92. The Morgan fingerprint density at radius 3 is 2.76 bits per heavy atom. The number of hydrogen-bond donors (Lipinski definition) is 1. The highest BCUT2D eigenvalue weighted by Crippen LogP contribution is 2.46. The van der Waals surface area contributed by atoms with Gasteiger partial charge in [-0.3, -0.25) is 0 Å². The van der Waals surface area contributed by atoms with Crippen molar-refractivity contribution < 1.29 is 23.4 Å². The van der Waals surface area contributed by atoms with E-state index in [0.29, 0.717) is 34.8 Å². The molecular formula is C26H24F2N2O3. The molecule has 1 unspecified atom stereocenters. The molecule has 1 saturated carbocycles. The molecular weight excluding hydrogens is 426 g/mol. The zero-order chi connectivity index (χ0) is 23.3. The van der Waals surface area contributed by atoms with Gasteiger partial charge in [-0.2, -0.15) is 0 Å². The van der Waals surface area contributed by atoms with E-state index in [9.17, 15) is 18.7 Å². The Bertz CT molecular complexity index is 1380. The van der Waals surface area contributed by atoms with E-state index in [1.54, 1.807) is 22.9 Å². The van der Waals surface area contributed by atoms with Crippen LogP contribution in [-0.2, 0) is 6.54 Å². The lowest BCUT2D eigenvalue weighted by molar-refractivity contribution is 0.0686. The molecule has 0 radical (unpaired) electrons. The number of hydrogen-bond acceptors (Lipinski definition) is 3. The topological polar surface area (TPSA) is 64.3 Å². The van der Waals surface area contributed by atoms with Gasteiger partial charge in [-0.15, -0.1) is 0 Å². The van der Waals surface area contributed by atoms with Crippen molar-refractivity contribution >= 4 is 18.1 Å². The van der Waals surface area contributed by atoms with Crippen LogP contribution in [0.4, 0.5) is 8.78 Å². The third-order valence-electron chi connectivity index (χ3n) is 6.81. The third kappa shape index (κ3) is 3.71. The van der Waals surface area contributed by atoms with E-state index in [0.717, 1.165) is 29.5 Å². The Labute approximate surface area is 189 Å². The largest absolute Gasteiger partial charge is 0.481 e. The van der Waals surface area contributed by atoms with E-state index in [1.807, 2.05) is 6.08 Å². The van der Waals surface area contributed by atoms with Gasteiger partial charge in [-0.05, 0) is 48.8 Å². The summed E-state index contributed by atoms with van der Waals surface area (Å²) in [6, 6.07) is 6.87. The van der Waals surface area contributed by atoms with Gasteiger partial charge in [0.15, 0.2) is 0 Å². The second kappa shape index (κ2) is 8.14. The summed E-state index contributed by atoms with van der Waals surface area (Å²) in [7, 11) is 1.49. The average molecular weight is 450 g/mol. The molecule has 3 aromatic rings. The standard InChI is InChI=1S/C26H24F2N2O3/c1-14-10-19(14)15-6-8-22-20(11-15)23(18-4-3-9-29-25(18)33-2)24(26(31)32)30(22)13-16-5-7-17(27)12-21(16)28/h3-5,7-9,11-12,14-15,19H,6,10,13H2,1-2H3,(H,31,32)/t14-,15?,19+/m1/s1. The van der Waals surface area contributed by atoms with Crippen LogP contribution < -0.4 is 15.3 Å². The molecule has 1 fully saturated rings. The summed E-state index contributed by atoms with van der Waals surface area (Å²) >= 11 is 0. The summed E-state index contributed by atoms with van der Waals surface area (Å²) in [4.78, 5) is 16.8. The van der Waals surface area contributed by atoms with Gasteiger partial charge in [0.05, 0.1) is 13.7 Å². The number of ether oxygens (including phenoxy) is 1. The second-order valence-electron chi connectivity index (χ2n) is 8.86. The summed E-state index contributed by atoms with van der Waals surface area (Å²) in [6.07, 6.45) is 7.74. The summed E-state index contributed by atoms with van der Waals surface area (Å²) in [5, 5.41) is 11.8. The molecule has 2 heterocycles. The maximum absolute atomic E-state index is 14.5. The maximum atomic E-state index is 14.5. The van der Waals surface area contributed by atoms with E-state index >= 15 is 0 Å². The molecule has 7 heteroatoms. The number of benzene rings is 1. The first-order chi connectivity index (χ1) is 15.9. The highest BCUT2D eigenvalue weighted by atomic mass is 19.1. The molecule has 0 saturated heterocycles. The van der Waals surface area contributed by atoms with Gasteiger partial charge in [0.1, 0.15) is 17.3 Å². The van der Waals surface area contributed by atoms with E-state index in [2.05, 4.69) is 18.0 Å². The highest BCUT2D eigenvalue weighted by Gasteiger charge is 2.39. The Morgan fingerprint density at radius 2 is 2.09 bits per heavy atom. The van der Waals surface area contributed by atoms with Crippen LogP contribution in [0.3, 0.4) is 0 Å². The van der Waals surface area contributed by atoms with Crippen molar-refractivity contribution in [3.8, 4) is 17.0 Å². The van der Waals surface area contributed by atoms with Crippen molar-refractivity contribution in [1.29, 1.82) is 0 Å². The summed E-state index contributed by atoms with van der Waals surface area (Å²) in [5.41, 5.74) is 1.33. The quantitative estimate of drug-likeness (QED) is 0.620. The van der Waals surface area contributed by atoms with Crippen molar-refractivity contribution in [2.45, 2.75) is 26.3 Å². The fourth-order valence-corrected chi connectivity index (χ4v) is 5.04. The predicted octanol–water partition coefficient (Wildman–Crippen LogP) is 3.82. The second-order valence-corrected chi connectivity index (χ2v) is 8.86. The van der Waals surface area contributed by atoms with Gasteiger partial charge in [0.25, 0.3) is 0 Å². The number of carboxylic acid groups (broad SMARTS) is 1. The Kier molecular flexibility index (Phi) is 5.27. The molecule has 2 aromatic heterocycles. The highest BCUT2D eigenvalue weighted by molar-refractivity contribution is 5.96. The maximum Gasteiger partial charge on any atom is 0.353 e. The van der Waals surface area contributed by atoms with Crippen LogP contribution in [0.2, 0.25) is 0 Å². The first-order valence-corrected chi connectivity index (χ1v) is 11.0. The number of nitrogens with zero attached hydrogens (tertiary/aromatic N) is 2. The summed E-state index contributed by atoms with van der Waals surface area (Å²) in [5.74, 6) is -0.663. The zero-order valence-corrected chi connectivity index (χ0v) is 18.4. The molecule has 170 valence electrons. The number of methoxy groups -OCH3 is 1. The minimum absolute atomic E-state index is 0.0342. The van der Waals surface area contributed by atoms with E-state index < -0.39 is 17.6 Å². The van der Waals surface area contributed by atoms with Crippen LogP contribution in [0, 0.1) is 29.4 Å². The number of aromatic carboxylic acids is 1. The molecule has 2 aliphatic rings. The summed E-state index contributed by atoms with van der Waals surface area (Å²) < 4.78 is 35.0. The summed E-state index contributed by atoms with van der Waals surface area (Å²) in [6.45, 7) is 2.19. The molecule has 0 spiro atoms. The average Bonchev–Trinajstić information content (AvgIpc) is 3.44. The molecule has 0 amide bonds. The Hall–Kier alpha value is -3.48. The van der Waals surface area contributed by atoms with Crippen LogP contribution in [-0.4, -0.2) is 27.7 Å². The molecule has 0 bridgehead atoms.